The van der Waals surface area contributed by atoms with E-state index in [9.17, 15) is 4.79 Å². The van der Waals surface area contributed by atoms with Crippen LogP contribution in [0.4, 0.5) is 4.79 Å². The number of amides is 1. The van der Waals surface area contributed by atoms with Crippen LogP contribution in [-0.4, -0.2) is 34.9 Å². The average molecular weight is 176 g/mol. The quantitative estimate of drug-likeness (QED) is 0.428. The summed E-state index contributed by atoms with van der Waals surface area (Å²) >= 11 is 0. The molecule has 0 aromatic rings. The number of nitrogens with two attached hydrogens (primary N) is 1. The van der Waals surface area contributed by atoms with Gasteiger partial charge in [-0.05, 0) is 19.4 Å². The summed E-state index contributed by atoms with van der Waals surface area (Å²) in [6.07, 6.45) is 0.451. The first-order valence-electron chi connectivity index (χ1n) is 3.48. The Hall–Kier alpha value is -1.30. The molecule has 0 unspecified atom stereocenters. The molecule has 0 bridgehead atoms. The van der Waals surface area contributed by atoms with E-state index < -0.39 is 12.1 Å². The molecule has 0 spiro atoms. The average Bonchev–Trinajstić information content (AvgIpc) is 2.34. The lowest BCUT2D eigenvalue weighted by molar-refractivity contribution is -0.139. The fourth-order valence-electron chi connectivity index (χ4n) is 0.895. The Balaban J connectivity index is 0.000000261. The van der Waals surface area contributed by atoms with Gasteiger partial charge < -0.3 is 21.3 Å². The van der Waals surface area contributed by atoms with Gasteiger partial charge in [0.2, 0.25) is 0 Å². The van der Waals surface area contributed by atoms with E-state index in [0.29, 0.717) is 0 Å². The van der Waals surface area contributed by atoms with Gasteiger partial charge in [0.15, 0.2) is 0 Å². The third-order valence-electron chi connectivity index (χ3n) is 1.36. The summed E-state index contributed by atoms with van der Waals surface area (Å²) in [4.78, 5) is 18.9. The van der Waals surface area contributed by atoms with E-state index in [0.717, 1.165) is 19.4 Å². The van der Waals surface area contributed by atoms with E-state index in [4.69, 9.17) is 15.0 Å². The zero-order valence-corrected chi connectivity index (χ0v) is 6.49. The summed E-state index contributed by atoms with van der Waals surface area (Å²) in [7, 11) is 0. The molecule has 0 radical (unpaired) electrons. The number of carboxylic acid groups (broad SMARTS) is 2. The Morgan fingerprint density at radius 1 is 1.42 bits per heavy atom. The van der Waals surface area contributed by atoms with Crippen LogP contribution in [0.25, 0.3) is 0 Å². The maximum Gasteiger partial charge on any atom is 0.402 e. The molecule has 1 amide bonds. The molecule has 1 heterocycles. The Bertz CT molecular complexity index is 161. The molecule has 1 atom stereocenters. The Labute approximate surface area is 69.4 Å². The molecule has 1 aliphatic rings. The van der Waals surface area contributed by atoms with Crippen molar-refractivity contribution in [3.05, 3.63) is 0 Å². The lowest BCUT2D eigenvalue weighted by atomic mass is 10.2. The maximum absolute atomic E-state index is 10.1. The number of primary amides is 1. The third-order valence-corrected chi connectivity index (χ3v) is 1.36. The van der Waals surface area contributed by atoms with Gasteiger partial charge in [-0.2, -0.15) is 0 Å². The van der Waals surface area contributed by atoms with Crippen LogP contribution in [0.2, 0.25) is 0 Å². The molecular weight excluding hydrogens is 164 g/mol. The van der Waals surface area contributed by atoms with E-state index >= 15 is 0 Å². The molecule has 6 nitrogen and oxygen atoms in total. The summed E-state index contributed by atoms with van der Waals surface area (Å²) in [5.41, 5.74) is 4.03. The first-order chi connectivity index (χ1) is 5.54. The van der Waals surface area contributed by atoms with E-state index in [1.807, 2.05) is 0 Å². The number of carboxylic acids is 1. The minimum Gasteiger partial charge on any atom is -0.480 e. The van der Waals surface area contributed by atoms with Crippen molar-refractivity contribution in [2.45, 2.75) is 18.9 Å². The zero-order valence-electron chi connectivity index (χ0n) is 6.49. The first-order valence-corrected chi connectivity index (χ1v) is 3.48. The molecule has 1 aliphatic heterocycles. The fraction of sp³-hybridized carbons (Fsp3) is 0.667. The number of hydrogen-bond acceptors (Lipinski definition) is 3. The highest BCUT2D eigenvalue weighted by Crippen LogP contribution is 2.03. The minimum atomic E-state index is -1.33. The Morgan fingerprint density at radius 3 is 2.08 bits per heavy atom. The van der Waals surface area contributed by atoms with E-state index in [-0.39, 0.29) is 6.04 Å². The minimum absolute atomic E-state index is 0.269. The second kappa shape index (κ2) is 5.36. The van der Waals surface area contributed by atoms with Crippen LogP contribution in [0.1, 0.15) is 12.8 Å². The van der Waals surface area contributed by atoms with Gasteiger partial charge in [0.25, 0.3) is 0 Å². The fourth-order valence-corrected chi connectivity index (χ4v) is 0.895. The molecule has 70 valence electrons. The molecule has 12 heavy (non-hydrogen) atoms. The molecule has 1 rings (SSSR count). The number of rotatable bonds is 1. The van der Waals surface area contributed by atoms with E-state index in [1.165, 1.54) is 0 Å². The van der Waals surface area contributed by atoms with Crippen LogP contribution in [0.5, 0.6) is 0 Å². The van der Waals surface area contributed by atoms with Gasteiger partial charge in [-0.1, -0.05) is 0 Å². The van der Waals surface area contributed by atoms with Crippen LogP contribution in [0.3, 0.4) is 0 Å². The molecule has 1 fully saturated rings. The van der Waals surface area contributed by atoms with E-state index in [2.05, 4.69) is 11.1 Å². The predicted octanol–water partition coefficient (Wildman–Crippen LogP) is -0.554. The molecule has 5 N–H and O–H groups in total. The monoisotopic (exact) mass is 176 g/mol. The van der Waals surface area contributed by atoms with Crippen LogP contribution in [0.15, 0.2) is 0 Å². The summed E-state index contributed by atoms with van der Waals surface area (Å²) in [6.45, 7) is 0.858. The highest BCUT2D eigenvalue weighted by atomic mass is 16.4. The van der Waals surface area contributed by atoms with Gasteiger partial charge >= 0.3 is 12.1 Å². The molecule has 0 aromatic heterocycles. The highest BCUT2D eigenvalue weighted by Gasteiger charge is 2.20. The molecule has 1 saturated heterocycles. The largest absolute Gasteiger partial charge is 0.480 e. The zero-order chi connectivity index (χ0) is 9.56. The Morgan fingerprint density at radius 2 is 1.92 bits per heavy atom. The van der Waals surface area contributed by atoms with Gasteiger partial charge in [-0.15, -0.1) is 0 Å². The van der Waals surface area contributed by atoms with Crippen molar-refractivity contribution in [1.82, 2.24) is 5.32 Å². The van der Waals surface area contributed by atoms with E-state index in [1.54, 1.807) is 0 Å². The Kier molecular flexibility index (Phi) is 4.78. The van der Waals surface area contributed by atoms with Gasteiger partial charge in [0.1, 0.15) is 6.04 Å². The van der Waals surface area contributed by atoms with Crippen molar-refractivity contribution in [2.24, 2.45) is 5.73 Å². The first kappa shape index (κ1) is 10.7. The second-order valence-corrected chi connectivity index (χ2v) is 2.33. The summed E-state index contributed by atoms with van der Waals surface area (Å²) < 4.78 is 0. The van der Waals surface area contributed by atoms with Crippen LogP contribution < -0.4 is 11.1 Å². The third kappa shape index (κ3) is 5.48. The summed E-state index contributed by atoms with van der Waals surface area (Å²) in [5, 5.41) is 18.4. The molecule has 0 saturated carbocycles. The second-order valence-electron chi connectivity index (χ2n) is 2.33. The lowest BCUT2D eigenvalue weighted by Gasteiger charge is -1.99. The van der Waals surface area contributed by atoms with Crippen molar-refractivity contribution in [2.75, 3.05) is 6.54 Å². The van der Waals surface area contributed by atoms with Crippen molar-refractivity contribution >= 4 is 12.1 Å². The smallest absolute Gasteiger partial charge is 0.402 e. The molecular formula is C6H12N2O4. The van der Waals surface area contributed by atoms with Crippen LogP contribution in [0, 0.1) is 0 Å². The molecule has 0 aliphatic carbocycles. The number of aliphatic carboxylic acids is 1. The number of nitrogens with one attached hydrogen (secondary N) is 1. The SMILES string of the molecule is NC(=O)O.O=C(O)[C@@H]1CCCN1. The van der Waals surface area contributed by atoms with Crippen molar-refractivity contribution in [1.29, 1.82) is 0 Å². The predicted molar refractivity (Wildman–Crippen MR) is 40.9 cm³/mol. The lowest BCUT2D eigenvalue weighted by Crippen LogP contribution is -2.29. The standard InChI is InChI=1S/C5H9NO2.CH3NO2/c7-5(8)4-2-1-3-6-4;2-1(3)4/h4,6H,1-3H2,(H,7,8);2H2,(H,3,4)/t4-;/m0./s1. The van der Waals surface area contributed by atoms with Gasteiger partial charge in [0.05, 0.1) is 0 Å². The number of carbonyl (C=O) groups is 2. The number of hydrogen-bond donors (Lipinski definition) is 4. The van der Waals surface area contributed by atoms with Gasteiger partial charge in [0, 0.05) is 0 Å². The summed E-state index contributed by atoms with van der Waals surface area (Å²) in [6, 6.07) is -0.269. The van der Waals surface area contributed by atoms with Crippen molar-refractivity contribution in [3.8, 4) is 0 Å². The van der Waals surface area contributed by atoms with Crippen molar-refractivity contribution < 1.29 is 19.8 Å². The maximum atomic E-state index is 10.1. The summed E-state index contributed by atoms with van der Waals surface area (Å²) in [5.74, 6) is -0.720. The normalized spacial score (nSPS) is 20.8. The topological polar surface area (TPSA) is 113 Å². The highest BCUT2D eigenvalue weighted by molar-refractivity contribution is 5.73. The van der Waals surface area contributed by atoms with Crippen LogP contribution >= 0.6 is 0 Å². The molecule has 6 heteroatoms. The van der Waals surface area contributed by atoms with Crippen molar-refractivity contribution in [3.63, 3.8) is 0 Å². The van der Waals surface area contributed by atoms with Gasteiger partial charge in [-0.25, -0.2) is 4.79 Å². The molecule has 0 aromatic carbocycles. The van der Waals surface area contributed by atoms with Gasteiger partial charge in [-0.3, -0.25) is 4.79 Å². The van der Waals surface area contributed by atoms with Crippen LogP contribution in [-0.2, 0) is 4.79 Å².